The highest BCUT2D eigenvalue weighted by Gasteiger charge is 2.62. The number of anilines is 1. The predicted molar refractivity (Wildman–Crippen MR) is 216 cm³/mol. The number of methoxy groups -OCH3 is 1. The van der Waals surface area contributed by atoms with Gasteiger partial charge in [0.1, 0.15) is 35.3 Å². The van der Waals surface area contributed by atoms with Gasteiger partial charge in [-0.3, -0.25) is 19.1 Å². The van der Waals surface area contributed by atoms with Crippen LogP contribution < -0.4 is 24.8 Å². The predicted octanol–water partition coefficient (Wildman–Crippen LogP) is 6.72. The molecule has 3 aliphatic rings. The molecule has 3 N–H and O–H groups in total. The van der Waals surface area contributed by atoms with Crippen LogP contribution in [0.2, 0.25) is 5.02 Å². The number of thiazole rings is 1. The van der Waals surface area contributed by atoms with Crippen molar-refractivity contribution >= 4 is 66.6 Å². The Kier molecular flexibility index (Phi) is 11.3. The third-order valence-electron chi connectivity index (χ3n) is 10.8. The highest BCUT2D eigenvalue weighted by atomic mass is 35.5. The smallest absolute Gasteiger partial charge is 0.419 e. The molecule has 0 unspecified atom stereocenters. The summed E-state index contributed by atoms with van der Waals surface area (Å²) in [5, 5.41) is 8.33. The van der Waals surface area contributed by atoms with Crippen molar-refractivity contribution in [3.05, 3.63) is 77.0 Å². The molecule has 3 amide bonds. The van der Waals surface area contributed by atoms with Crippen LogP contribution >= 0.6 is 22.9 Å². The van der Waals surface area contributed by atoms with Crippen LogP contribution in [0.5, 0.6) is 11.6 Å². The molecular weight excluding hydrogens is 852 g/mol. The molecule has 13 nitrogen and oxygen atoms in total. The van der Waals surface area contributed by atoms with E-state index in [2.05, 4.69) is 31.9 Å². The van der Waals surface area contributed by atoms with Gasteiger partial charge in [0.15, 0.2) is 5.13 Å². The van der Waals surface area contributed by atoms with E-state index >= 15 is 0 Å². The molecule has 1 saturated heterocycles. The average Bonchev–Trinajstić information content (AvgIpc) is 4.07. The summed E-state index contributed by atoms with van der Waals surface area (Å²) >= 11 is 7.35. The molecule has 0 spiro atoms. The van der Waals surface area contributed by atoms with Crippen LogP contribution in [0, 0.1) is 17.2 Å². The second-order valence-corrected chi connectivity index (χ2v) is 19.4. The topological polar surface area (TPSA) is 169 Å². The minimum absolute atomic E-state index is 0.00434. The summed E-state index contributed by atoms with van der Waals surface area (Å²) in [5.41, 5.74) is -3.84. The maximum atomic E-state index is 14.8. The van der Waals surface area contributed by atoms with Crippen molar-refractivity contribution in [1.29, 1.82) is 0 Å². The lowest BCUT2D eigenvalue weighted by atomic mass is 9.85. The molecule has 3 heterocycles. The molecule has 0 radical (unpaired) electrons. The zero-order chi connectivity index (χ0) is 43.5. The number of ether oxygens (including phenoxy) is 2. The highest BCUT2D eigenvalue weighted by molar-refractivity contribution is 7.91. The molecule has 20 heteroatoms. The first-order chi connectivity index (χ1) is 28.1. The molecule has 2 aliphatic carbocycles. The van der Waals surface area contributed by atoms with Gasteiger partial charge in [-0.2, -0.15) is 13.2 Å². The summed E-state index contributed by atoms with van der Waals surface area (Å²) in [7, 11) is -2.48. The van der Waals surface area contributed by atoms with Gasteiger partial charge in [-0.25, -0.2) is 22.8 Å². The number of pyridine rings is 1. The van der Waals surface area contributed by atoms with Crippen LogP contribution in [0.4, 0.5) is 22.7 Å². The van der Waals surface area contributed by atoms with Crippen molar-refractivity contribution in [2.45, 2.75) is 81.6 Å². The number of carbonyl (C=O) groups is 3. The van der Waals surface area contributed by atoms with Gasteiger partial charge in [-0.1, -0.05) is 38.4 Å². The van der Waals surface area contributed by atoms with Crippen LogP contribution in [0.15, 0.2) is 60.6 Å². The molecule has 320 valence electrons. The summed E-state index contributed by atoms with van der Waals surface area (Å²) in [6.07, 6.45) is -2.03. The van der Waals surface area contributed by atoms with E-state index in [9.17, 15) is 40.4 Å². The fraction of sp³-hybridized carbons (Fsp3) is 0.425. The number of aromatic nitrogens is 2. The number of hydrogen-bond donors (Lipinski definition) is 3. The van der Waals surface area contributed by atoms with Gasteiger partial charge in [0.25, 0.3) is 5.91 Å². The maximum Gasteiger partial charge on any atom is 0.419 e. The van der Waals surface area contributed by atoms with E-state index < -0.39 is 85.6 Å². The van der Waals surface area contributed by atoms with E-state index in [1.807, 2.05) is 0 Å². The first-order valence-electron chi connectivity index (χ1n) is 18.8. The summed E-state index contributed by atoms with van der Waals surface area (Å²) in [4.78, 5) is 53.0. The normalized spacial score (nSPS) is 22.2. The first-order valence-corrected chi connectivity index (χ1v) is 21.6. The van der Waals surface area contributed by atoms with Gasteiger partial charge in [0.05, 0.1) is 36.4 Å². The zero-order valence-electron chi connectivity index (χ0n) is 32.7. The lowest BCUT2D eigenvalue weighted by Crippen LogP contribution is -2.58. The van der Waals surface area contributed by atoms with E-state index in [-0.39, 0.29) is 41.7 Å². The quantitative estimate of drug-likeness (QED) is 0.0968. The van der Waals surface area contributed by atoms with E-state index in [0.717, 1.165) is 11.3 Å². The summed E-state index contributed by atoms with van der Waals surface area (Å²) in [5.74, 6) is -3.64. The number of nitrogens with one attached hydrogen (secondary N) is 3. The fourth-order valence-corrected chi connectivity index (χ4v) is 9.57. The molecule has 0 bridgehead atoms. The number of amides is 3. The zero-order valence-corrected chi connectivity index (χ0v) is 35.1. The average molecular weight is 893 g/mol. The minimum atomic E-state index is -4.94. The number of alkyl halides is 3. The van der Waals surface area contributed by atoms with Crippen LogP contribution in [-0.2, 0) is 30.6 Å². The lowest BCUT2D eigenvalue weighted by Gasteiger charge is -2.35. The number of sulfonamides is 1. The van der Waals surface area contributed by atoms with Crippen molar-refractivity contribution in [2.75, 3.05) is 19.0 Å². The van der Waals surface area contributed by atoms with E-state index in [0.29, 0.717) is 46.5 Å². The van der Waals surface area contributed by atoms with Gasteiger partial charge < -0.3 is 25.0 Å². The number of hydrogen-bond acceptors (Lipinski definition) is 11. The van der Waals surface area contributed by atoms with Crippen molar-refractivity contribution < 1.29 is 49.8 Å². The van der Waals surface area contributed by atoms with Crippen LogP contribution in [-0.4, -0.2) is 83.6 Å². The number of carbonyl (C=O) groups excluding carboxylic acids is 3. The molecule has 4 aromatic rings. The number of benzene rings is 2. The summed E-state index contributed by atoms with van der Waals surface area (Å²) in [6.45, 7) is 8.91. The molecular formula is C40H41ClF4N6O7S2. The Morgan fingerprint density at radius 2 is 1.85 bits per heavy atom. The summed E-state index contributed by atoms with van der Waals surface area (Å²) < 4.78 is 94.1. The van der Waals surface area contributed by atoms with Crippen molar-refractivity contribution in [3.63, 3.8) is 0 Å². The Labute approximate surface area is 351 Å². The molecule has 60 heavy (non-hydrogen) atoms. The molecule has 3 fully saturated rings. The van der Waals surface area contributed by atoms with Crippen LogP contribution in [0.1, 0.15) is 52.0 Å². The Morgan fingerprint density at radius 3 is 2.48 bits per heavy atom. The molecule has 5 atom stereocenters. The Balaban J connectivity index is 1.19. The van der Waals surface area contributed by atoms with E-state index in [1.54, 1.807) is 39.0 Å². The van der Waals surface area contributed by atoms with Gasteiger partial charge in [-0.15, -0.1) is 17.9 Å². The van der Waals surface area contributed by atoms with Crippen LogP contribution in [0.3, 0.4) is 0 Å². The highest BCUT2D eigenvalue weighted by Crippen LogP contribution is 2.46. The SMILES string of the molecule is C=C[C@@H]1C[C@]1(NC(=O)[C@@H]1C[C@@H](Oc2ncc(OC)c3ccc(Cl)cc23)CN1C(=O)[C@@H](Nc1nc(-c2ccc(F)c(C(F)(F)F)c2)cs1)C(C)(C)C)C(=O)NS(=O)(=O)C1CC1. The monoisotopic (exact) mass is 892 g/mol. The van der Waals surface area contributed by atoms with Crippen molar-refractivity contribution in [3.8, 4) is 22.9 Å². The Bertz CT molecular complexity index is 2490. The number of halogens is 5. The van der Waals surface area contributed by atoms with E-state index in [4.69, 9.17) is 21.1 Å². The van der Waals surface area contributed by atoms with Gasteiger partial charge in [0.2, 0.25) is 27.7 Å². The second-order valence-electron chi connectivity index (χ2n) is 16.2. The van der Waals surface area contributed by atoms with Gasteiger partial charge in [-0.05, 0) is 61.1 Å². The van der Waals surface area contributed by atoms with Gasteiger partial charge >= 0.3 is 6.18 Å². The van der Waals surface area contributed by atoms with E-state index in [1.165, 1.54) is 35.7 Å². The first kappa shape index (κ1) is 43.1. The standard InChI is InChI=1S/C40H41ClF4N6O7S2/c1-6-21-16-39(21,36(54)50-60(55,56)24-9-10-24)49-33(52)30-15-23(58-34-26-14-22(41)8-11-25(26)31(57-5)17-46-34)18-51(30)35(53)32(38(2,3)4)48-37-47-29(19-59-37)20-7-12-28(42)27(13-20)40(43,44)45/h6-8,11-14,17,19,21,23-24,30,32H,1,9-10,15-16,18H2,2-5H3,(H,47,48)(H,49,52)(H,50,54)/t21-,23-,30+,32-,39-/m1/s1. The summed E-state index contributed by atoms with van der Waals surface area (Å²) in [6, 6.07) is 5.25. The number of likely N-dealkylation sites (tertiary alicyclic amines) is 1. The van der Waals surface area contributed by atoms with Gasteiger partial charge in [0, 0.05) is 39.1 Å². The molecule has 1 aliphatic heterocycles. The maximum absolute atomic E-state index is 14.8. The fourth-order valence-electron chi connectivity index (χ4n) is 7.29. The Hall–Kier alpha value is -5.01. The van der Waals surface area contributed by atoms with Crippen LogP contribution in [0.25, 0.3) is 22.0 Å². The third-order valence-corrected chi connectivity index (χ3v) is 13.7. The minimum Gasteiger partial charge on any atom is -0.494 e. The molecule has 2 aromatic heterocycles. The van der Waals surface area contributed by atoms with Crippen molar-refractivity contribution in [1.82, 2.24) is 24.9 Å². The molecule has 7 rings (SSSR count). The lowest BCUT2D eigenvalue weighted by molar-refractivity contribution is -0.141. The Morgan fingerprint density at radius 1 is 1.12 bits per heavy atom. The largest absolute Gasteiger partial charge is 0.494 e. The number of rotatable bonds is 13. The molecule has 2 aromatic carbocycles. The number of nitrogens with zero attached hydrogens (tertiary/aromatic N) is 3. The number of fused-ring (bicyclic) bond motifs is 1. The van der Waals surface area contributed by atoms with Crippen molar-refractivity contribution in [2.24, 2.45) is 11.3 Å². The third kappa shape index (κ3) is 8.61. The molecule has 2 saturated carbocycles. The second kappa shape index (κ2) is 15.8.